The van der Waals surface area contributed by atoms with Gasteiger partial charge in [-0.05, 0) is 47.4 Å². The van der Waals surface area contributed by atoms with Gasteiger partial charge in [-0.15, -0.1) is 0 Å². The Morgan fingerprint density at radius 2 is 1.62 bits per heavy atom. The molecule has 3 aromatic rings. The third kappa shape index (κ3) is 4.52. The van der Waals surface area contributed by atoms with E-state index in [4.69, 9.17) is 11.6 Å². The zero-order chi connectivity index (χ0) is 24.3. The minimum Gasteiger partial charge on any atom is -0.344 e. The zero-order valence-corrected chi connectivity index (χ0v) is 19.2. The van der Waals surface area contributed by atoms with Crippen molar-refractivity contribution in [3.05, 3.63) is 106 Å². The van der Waals surface area contributed by atoms with Crippen LogP contribution in [-0.4, -0.2) is 29.3 Å². The van der Waals surface area contributed by atoms with E-state index in [1.807, 2.05) is 42.5 Å². The van der Waals surface area contributed by atoms with Gasteiger partial charge in [0.05, 0.1) is 6.04 Å². The van der Waals surface area contributed by atoms with Crippen molar-refractivity contribution in [3.8, 4) is 0 Å². The normalized spacial score (nSPS) is 18.5. The standard InChI is InChI=1S/C26H23ClFN3O3/c1-2-26(19-10-14-21(28)15-11-19)24(33)31(25(34)30-26)16-22(32)29-23(17-6-4-3-5-7-17)18-8-12-20(27)13-9-18/h3-15,23H,2,16H2,1H3,(H,29,32)(H,30,34)/t23-,26+/m0/s1. The number of nitrogens with zero attached hydrogens (tertiary/aromatic N) is 1. The van der Waals surface area contributed by atoms with Gasteiger partial charge in [0.25, 0.3) is 5.91 Å². The molecule has 1 fully saturated rings. The summed E-state index contributed by atoms with van der Waals surface area (Å²) in [4.78, 5) is 40.0. The van der Waals surface area contributed by atoms with Gasteiger partial charge in [0.1, 0.15) is 17.9 Å². The van der Waals surface area contributed by atoms with Crippen molar-refractivity contribution in [3.63, 3.8) is 0 Å². The molecule has 1 aliphatic heterocycles. The molecular formula is C26H23ClFN3O3. The lowest BCUT2D eigenvalue weighted by atomic mass is 9.87. The zero-order valence-electron chi connectivity index (χ0n) is 18.4. The summed E-state index contributed by atoms with van der Waals surface area (Å²) < 4.78 is 13.4. The first-order valence-corrected chi connectivity index (χ1v) is 11.2. The fourth-order valence-corrected chi connectivity index (χ4v) is 4.28. The Balaban J connectivity index is 1.56. The van der Waals surface area contributed by atoms with Crippen LogP contribution in [0, 0.1) is 5.82 Å². The third-order valence-corrected chi connectivity index (χ3v) is 6.24. The summed E-state index contributed by atoms with van der Waals surface area (Å²) in [5, 5.41) is 6.19. The van der Waals surface area contributed by atoms with Gasteiger partial charge in [0, 0.05) is 5.02 Å². The van der Waals surface area contributed by atoms with Crippen LogP contribution in [0.15, 0.2) is 78.9 Å². The van der Waals surface area contributed by atoms with E-state index < -0.39 is 41.8 Å². The number of halogens is 2. The third-order valence-electron chi connectivity index (χ3n) is 5.99. The lowest BCUT2D eigenvalue weighted by molar-refractivity contribution is -0.135. The van der Waals surface area contributed by atoms with E-state index in [1.54, 1.807) is 19.1 Å². The molecule has 0 radical (unpaired) electrons. The molecule has 1 saturated heterocycles. The van der Waals surface area contributed by atoms with Crippen molar-refractivity contribution in [2.24, 2.45) is 0 Å². The van der Waals surface area contributed by atoms with E-state index in [0.29, 0.717) is 10.6 Å². The van der Waals surface area contributed by atoms with Crippen LogP contribution in [0.1, 0.15) is 36.1 Å². The number of benzene rings is 3. The van der Waals surface area contributed by atoms with Crippen LogP contribution in [0.4, 0.5) is 9.18 Å². The van der Waals surface area contributed by atoms with Crippen LogP contribution in [0.3, 0.4) is 0 Å². The molecule has 0 saturated carbocycles. The van der Waals surface area contributed by atoms with E-state index in [-0.39, 0.29) is 6.42 Å². The number of imide groups is 1. The highest BCUT2D eigenvalue weighted by molar-refractivity contribution is 6.30. The number of urea groups is 1. The topological polar surface area (TPSA) is 78.5 Å². The van der Waals surface area contributed by atoms with Gasteiger partial charge in [-0.3, -0.25) is 14.5 Å². The number of nitrogens with one attached hydrogen (secondary N) is 2. The molecule has 2 N–H and O–H groups in total. The summed E-state index contributed by atoms with van der Waals surface area (Å²) in [7, 11) is 0. The SMILES string of the molecule is CC[C@]1(c2ccc(F)cc2)NC(=O)N(CC(=O)N[C@@H](c2ccccc2)c2ccc(Cl)cc2)C1=O. The Morgan fingerprint density at radius 3 is 2.24 bits per heavy atom. The predicted octanol–water partition coefficient (Wildman–Crippen LogP) is 4.54. The number of amides is 4. The second kappa shape index (κ2) is 9.65. The minimum absolute atomic E-state index is 0.249. The Bertz CT molecular complexity index is 1200. The van der Waals surface area contributed by atoms with Crippen molar-refractivity contribution in [1.82, 2.24) is 15.5 Å². The van der Waals surface area contributed by atoms with Crippen LogP contribution in [0.5, 0.6) is 0 Å². The summed E-state index contributed by atoms with van der Waals surface area (Å²) in [6.45, 7) is 1.29. The second-order valence-corrected chi connectivity index (χ2v) is 8.49. The number of hydrogen-bond donors (Lipinski definition) is 2. The summed E-state index contributed by atoms with van der Waals surface area (Å²) in [6, 6.07) is 20.7. The number of hydrogen-bond acceptors (Lipinski definition) is 3. The average Bonchev–Trinajstić information content (AvgIpc) is 3.09. The first-order valence-electron chi connectivity index (χ1n) is 10.8. The molecule has 8 heteroatoms. The molecule has 1 heterocycles. The molecule has 6 nitrogen and oxygen atoms in total. The molecule has 1 aliphatic rings. The Labute approximate surface area is 201 Å². The lowest BCUT2D eigenvalue weighted by Gasteiger charge is -2.26. The Morgan fingerprint density at radius 1 is 1.00 bits per heavy atom. The van der Waals surface area contributed by atoms with Crippen LogP contribution in [0.25, 0.3) is 0 Å². The predicted molar refractivity (Wildman–Crippen MR) is 126 cm³/mol. The molecular weight excluding hydrogens is 457 g/mol. The van der Waals surface area contributed by atoms with Crippen molar-refractivity contribution < 1.29 is 18.8 Å². The molecule has 0 aromatic heterocycles. The van der Waals surface area contributed by atoms with Gasteiger partial charge in [-0.1, -0.05) is 73.1 Å². The fraction of sp³-hybridized carbons (Fsp3) is 0.192. The maximum absolute atomic E-state index is 13.4. The average molecular weight is 480 g/mol. The molecule has 0 bridgehead atoms. The highest BCUT2D eigenvalue weighted by Gasteiger charge is 2.51. The second-order valence-electron chi connectivity index (χ2n) is 8.05. The fourth-order valence-electron chi connectivity index (χ4n) is 4.15. The van der Waals surface area contributed by atoms with Gasteiger partial charge in [0.15, 0.2) is 0 Å². The van der Waals surface area contributed by atoms with Gasteiger partial charge in [-0.2, -0.15) is 0 Å². The highest BCUT2D eigenvalue weighted by Crippen LogP contribution is 2.32. The number of carbonyl (C=O) groups is 3. The van der Waals surface area contributed by atoms with E-state index in [0.717, 1.165) is 16.0 Å². The molecule has 2 atom stereocenters. The van der Waals surface area contributed by atoms with E-state index in [9.17, 15) is 18.8 Å². The van der Waals surface area contributed by atoms with Gasteiger partial charge >= 0.3 is 6.03 Å². The minimum atomic E-state index is -1.35. The van der Waals surface area contributed by atoms with Crippen molar-refractivity contribution in [2.45, 2.75) is 24.9 Å². The van der Waals surface area contributed by atoms with Crippen molar-refractivity contribution >= 4 is 29.4 Å². The molecule has 34 heavy (non-hydrogen) atoms. The van der Waals surface area contributed by atoms with Gasteiger partial charge < -0.3 is 10.6 Å². The molecule has 0 aliphatic carbocycles. The molecule has 0 unspecified atom stereocenters. The maximum atomic E-state index is 13.4. The Hall–Kier alpha value is -3.71. The van der Waals surface area contributed by atoms with Gasteiger partial charge in [0.2, 0.25) is 5.91 Å². The monoisotopic (exact) mass is 479 g/mol. The quantitative estimate of drug-likeness (QED) is 0.488. The highest BCUT2D eigenvalue weighted by atomic mass is 35.5. The van der Waals surface area contributed by atoms with E-state index >= 15 is 0 Å². The first-order chi connectivity index (χ1) is 16.3. The molecule has 0 spiro atoms. The van der Waals surface area contributed by atoms with Gasteiger partial charge in [-0.25, -0.2) is 9.18 Å². The first kappa shape index (κ1) is 23.4. The lowest BCUT2D eigenvalue weighted by Crippen LogP contribution is -2.45. The van der Waals surface area contributed by atoms with Crippen molar-refractivity contribution in [2.75, 3.05) is 6.54 Å². The molecule has 4 amide bonds. The summed E-state index contributed by atoms with van der Waals surface area (Å²) >= 11 is 6.02. The number of carbonyl (C=O) groups excluding carboxylic acids is 3. The largest absolute Gasteiger partial charge is 0.344 e. The maximum Gasteiger partial charge on any atom is 0.325 e. The van der Waals surface area contributed by atoms with E-state index in [1.165, 1.54) is 24.3 Å². The molecule has 3 aromatic carbocycles. The van der Waals surface area contributed by atoms with Crippen LogP contribution >= 0.6 is 11.6 Å². The van der Waals surface area contributed by atoms with Crippen LogP contribution in [-0.2, 0) is 15.1 Å². The van der Waals surface area contributed by atoms with Crippen molar-refractivity contribution in [1.29, 1.82) is 0 Å². The Kier molecular flexibility index (Phi) is 6.65. The van der Waals surface area contributed by atoms with Crippen LogP contribution < -0.4 is 10.6 Å². The smallest absolute Gasteiger partial charge is 0.325 e. The summed E-state index contributed by atoms with van der Waals surface area (Å²) in [5.74, 6) is -1.50. The van der Waals surface area contributed by atoms with Crippen LogP contribution in [0.2, 0.25) is 5.02 Å². The van der Waals surface area contributed by atoms with E-state index in [2.05, 4.69) is 10.6 Å². The number of rotatable bonds is 7. The summed E-state index contributed by atoms with van der Waals surface area (Å²) in [5.41, 5.74) is 0.751. The summed E-state index contributed by atoms with van der Waals surface area (Å²) in [6.07, 6.45) is 0.249. The molecule has 4 rings (SSSR count). The molecule has 174 valence electrons.